The highest BCUT2D eigenvalue weighted by Gasteiger charge is 2.27. The zero-order valence-corrected chi connectivity index (χ0v) is 19.2. The maximum atomic E-state index is 12.9. The van der Waals surface area contributed by atoms with E-state index in [1.807, 2.05) is 35.2 Å². The number of benzene rings is 1. The normalized spacial score (nSPS) is 14.6. The summed E-state index contributed by atoms with van der Waals surface area (Å²) in [7, 11) is 0. The number of rotatable bonds is 7. The van der Waals surface area contributed by atoms with Crippen LogP contribution < -0.4 is 15.1 Å². The molecule has 1 amide bonds. The minimum atomic E-state index is 0.0231. The zero-order valence-electron chi connectivity index (χ0n) is 18.4. The van der Waals surface area contributed by atoms with Gasteiger partial charge in [-0.05, 0) is 69.5 Å². The van der Waals surface area contributed by atoms with E-state index in [-0.39, 0.29) is 11.8 Å². The quantitative estimate of drug-likeness (QED) is 0.594. The van der Waals surface area contributed by atoms with Gasteiger partial charge >= 0.3 is 0 Å². The molecule has 2 aromatic heterocycles. The van der Waals surface area contributed by atoms with E-state index in [0.717, 1.165) is 60.5 Å². The minimum Gasteiger partial charge on any atom is -0.372 e. The van der Waals surface area contributed by atoms with E-state index < -0.39 is 0 Å². The van der Waals surface area contributed by atoms with Crippen LogP contribution in [0.3, 0.4) is 0 Å². The van der Waals surface area contributed by atoms with Crippen molar-refractivity contribution in [1.29, 1.82) is 0 Å². The molecule has 0 bridgehead atoms. The Labute approximate surface area is 187 Å². The predicted octanol–water partition coefficient (Wildman–Crippen LogP) is 4.34. The fourth-order valence-electron chi connectivity index (χ4n) is 4.04. The van der Waals surface area contributed by atoms with E-state index in [0.29, 0.717) is 0 Å². The Morgan fingerprint density at radius 2 is 1.81 bits per heavy atom. The van der Waals surface area contributed by atoms with Crippen molar-refractivity contribution in [3.63, 3.8) is 0 Å². The van der Waals surface area contributed by atoms with Crippen LogP contribution in [-0.4, -0.2) is 46.9 Å². The van der Waals surface area contributed by atoms with Crippen LogP contribution >= 0.6 is 11.3 Å². The number of hydrogen-bond donors (Lipinski definition) is 1. The Morgan fingerprint density at radius 3 is 2.45 bits per heavy atom. The van der Waals surface area contributed by atoms with E-state index in [9.17, 15) is 4.79 Å². The van der Waals surface area contributed by atoms with Crippen LogP contribution in [0, 0.1) is 12.8 Å². The molecule has 0 saturated carbocycles. The van der Waals surface area contributed by atoms with E-state index in [2.05, 4.69) is 58.2 Å². The van der Waals surface area contributed by atoms with Gasteiger partial charge in [0, 0.05) is 55.9 Å². The number of piperidine rings is 1. The van der Waals surface area contributed by atoms with Crippen molar-refractivity contribution in [2.45, 2.75) is 33.6 Å². The molecule has 1 saturated heterocycles. The van der Waals surface area contributed by atoms with Gasteiger partial charge in [0.25, 0.3) is 0 Å². The van der Waals surface area contributed by atoms with Crippen molar-refractivity contribution in [2.24, 2.45) is 5.92 Å². The molecule has 8 heteroatoms. The molecule has 1 aromatic carbocycles. The van der Waals surface area contributed by atoms with Crippen molar-refractivity contribution in [3.05, 3.63) is 48.3 Å². The third kappa shape index (κ3) is 4.74. The summed E-state index contributed by atoms with van der Waals surface area (Å²) >= 11 is 1.58. The molecular formula is C23H30N6OS. The van der Waals surface area contributed by atoms with E-state index in [4.69, 9.17) is 0 Å². The van der Waals surface area contributed by atoms with Crippen molar-refractivity contribution in [3.8, 4) is 5.13 Å². The average Bonchev–Trinajstić information content (AvgIpc) is 3.48. The van der Waals surface area contributed by atoms with Crippen LogP contribution in [0.4, 0.5) is 16.5 Å². The first kappa shape index (κ1) is 21.4. The van der Waals surface area contributed by atoms with Gasteiger partial charge in [-0.3, -0.25) is 9.36 Å². The predicted molar refractivity (Wildman–Crippen MR) is 128 cm³/mol. The smallest absolute Gasteiger partial charge is 0.227 e. The summed E-state index contributed by atoms with van der Waals surface area (Å²) in [5.74, 6) is 0.138. The Balaban J connectivity index is 1.33. The second-order valence-electron chi connectivity index (χ2n) is 7.88. The van der Waals surface area contributed by atoms with Crippen LogP contribution in [0.1, 0.15) is 32.3 Å². The number of hydrogen-bond acceptors (Lipinski definition) is 6. The first-order valence-corrected chi connectivity index (χ1v) is 11.8. The molecule has 0 radical (unpaired) electrons. The largest absolute Gasteiger partial charge is 0.372 e. The van der Waals surface area contributed by atoms with Gasteiger partial charge in [-0.2, -0.15) is 0 Å². The lowest BCUT2D eigenvalue weighted by Crippen LogP contribution is -2.38. The molecule has 0 unspecified atom stereocenters. The first-order valence-electron chi connectivity index (χ1n) is 11.0. The van der Waals surface area contributed by atoms with Crippen LogP contribution in [-0.2, 0) is 4.79 Å². The van der Waals surface area contributed by atoms with Gasteiger partial charge in [0.2, 0.25) is 16.2 Å². The molecule has 4 rings (SSSR count). The highest BCUT2D eigenvalue weighted by Crippen LogP contribution is 2.29. The summed E-state index contributed by atoms with van der Waals surface area (Å²) in [6.45, 7) is 9.96. The highest BCUT2D eigenvalue weighted by atomic mass is 32.1. The third-order valence-electron chi connectivity index (χ3n) is 5.96. The van der Waals surface area contributed by atoms with Crippen molar-refractivity contribution < 1.29 is 4.79 Å². The molecule has 0 spiro atoms. The van der Waals surface area contributed by atoms with Crippen LogP contribution in [0.5, 0.6) is 0 Å². The summed E-state index contributed by atoms with van der Waals surface area (Å²) < 4.78 is 1.97. The van der Waals surface area contributed by atoms with E-state index in [1.165, 1.54) is 5.69 Å². The maximum Gasteiger partial charge on any atom is 0.227 e. The summed E-state index contributed by atoms with van der Waals surface area (Å²) in [5, 5.41) is 13.6. The van der Waals surface area contributed by atoms with E-state index >= 15 is 0 Å². The van der Waals surface area contributed by atoms with Crippen molar-refractivity contribution in [2.75, 3.05) is 41.3 Å². The molecule has 3 heterocycles. The zero-order chi connectivity index (χ0) is 21.8. The lowest BCUT2D eigenvalue weighted by molar-refractivity contribution is -0.120. The number of anilines is 3. The lowest BCUT2D eigenvalue weighted by Gasteiger charge is -2.30. The minimum absolute atomic E-state index is 0.0231. The molecular weight excluding hydrogens is 408 g/mol. The topological polar surface area (TPSA) is 66.3 Å². The van der Waals surface area contributed by atoms with Gasteiger partial charge in [0.05, 0.1) is 0 Å². The summed E-state index contributed by atoms with van der Waals surface area (Å²) in [6, 6.07) is 10.2. The van der Waals surface area contributed by atoms with Gasteiger partial charge in [0.15, 0.2) is 0 Å². The number of carbonyl (C=O) groups is 1. The van der Waals surface area contributed by atoms with Crippen LogP contribution in [0.15, 0.2) is 42.7 Å². The average molecular weight is 439 g/mol. The maximum absolute atomic E-state index is 12.9. The van der Waals surface area contributed by atoms with Gasteiger partial charge < -0.3 is 15.1 Å². The Bertz CT molecular complexity index is 1000. The fraction of sp³-hybridized carbons (Fsp3) is 0.435. The standard InChI is InChI=1S/C23H30N6OS/c1-4-27(5-2)19-8-9-20(17(3)16-19)24-21(30)18-10-14-29(15-11-18)23-26-25-22(31-23)28-12-6-7-13-28/h6-9,12-13,16,18H,4-5,10-11,14-15H2,1-3H3,(H,24,30). The first-order chi connectivity index (χ1) is 15.1. The second kappa shape index (κ2) is 9.51. The molecule has 7 nitrogen and oxygen atoms in total. The number of carbonyl (C=O) groups excluding carboxylic acids is 1. The molecule has 0 aliphatic carbocycles. The number of nitrogens with one attached hydrogen (secondary N) is 1. The molecule has 31 heavy (non-hydrogen) atoms. The molecule has 1 fully saturated rings. The van der Waals surface area contributed by atoms with Gasteiger partial charge in [-0.15, -0.1) is 10.2 Å². The number of aromatic nitrogens is 3. The van der Waals surface area contributed by atoms with Crippen LogP contribution in [0.25, 0.3) is 5.13 Å². The number of aryl methyl sites for hydroxylation is 1. The van der Waals surface area contributed by atoms with Gasteiger partial charge in [0.1, 0.15) is 0 Å². The molecule has 3 aromatic rings. The molecule has 0 atom stereocenters. The Kier molecular flexibility index (Phi) is 6.56. The SMILES string of the molecule is CCN(CC)c1ccc(NC(=O)C2CCN(c3nnc(-n4cccc4)s3)CC2)c(C)c1. The number of nitrogens with zero attached hydrogens (tertiary/aromatic N) is 5. The Morgan fingerprint density at radius 1 is 1.13 bits per heavy atom. The molecule has 1 aliphatic heterocycles. The van der Waals surface area contributed by atoms with Crippen molar-refractivity contribution in [1.82, 2.24) is 14.8 Å². The van der Waals surface area contributed by atoms with E-state index in [1.54, 1.807) is 11.3 Å². The fourth-order valence-corrected chi connectivity index (χ4v) is 4.91. The number of amides is 1. The lowest BCUT2D eigenvalue weighted by atomic mass is 9.96. The van der Waals surface area contributed by atoms with Crippen LogP contribution in [0.2, 0.25) is 0 Å². The van der Waals surface area contributed by atoms with Gasteiger partial charge in [-0.1, -0.05) is 11.3 Å². The second-order valence-corrected chi connectivity index (χ2v) is 8.81. The summed E-state index contributed by atoms with van der Waals surface area (Å²) in [4.78, 5) is 17.4. The van der Waals surface area contributed by atoms with Crippen molar-refractivity contribution >= 4 is 33.8 Å². The Hall–Kier alpha value is -2.87. The summed E-state index contributed by atoms with van der Waals surface area (Å²) in [6.07, 6.45) is 5.58. The summed E-state index contributed by atoms with van der Waals surface area (Å²) in [5.41, 5.74) is 3.20. The molecule has 164 valence electrons. The van der Waals surface area contributed by atoms with Gasteiger partial charge in [-0.25, -0.2) is 0 Å². The highest BCUT2D eigenvalue weighted by molar-refractivity contribution is 7.17. The third-order valence-corrected chi connectivity index (χ3v) is 6.96. The monoisotopic (exact) mass is 438 g/mol. The molecule has 1 N–H and O–H groups in total. The molecule has 1 aliphatic rings.